The number of aromatic nitrogens is 1. The molecule has 0 atom stereocenters. The van der Waals surface area contributed by atoms with E-state index in [-0.39, 0.29) is 5.41 Å². The number of nitrogens with zero attached hydrogens (tertiary/aromatic N) is 1. The molecule has 30 heavy (non-hydrogen) atoms. The van der Waals surface area contributed by atoms with E-state index >= 15 is 0 Å². The molecule has 0 aliphatic rings. The summed E-state index contributed by atoms with van der Waals surface area (Å²) in [5, 5.41) is 4.97. The topological polar surface area (TPSA) is 12.9 Å². The maximum absolute atomic E-state index is 4.50. The maximum Gasteiger partial charge on any atom is 0.0353 e. The van der Waals surface area contributed by atoms with Gasteiger partial charge in [-0.25, -0.2) is 0 Å². The molecule has 146 valence electrons. The monoisotopic (exact) mass is 387 g/mol. The van der Waals surface area contributed by atoms with E-state index in [1.54, 1.807) is 0 Å². The lowest BCUT2D eigenvalue weighted by Crippen LogP contribution is -2.10. The average molecular weight is 388 g/mol. The van der Waals surface area contributed by atoms with Gasteiger partial charge in [-0.2, -0.15) is 0 Å². The lowest BCUT2D eigenvalue weighted by molar-refractivity contribution is 0.590. The van der Waals surface area contributed by atoms with Crippen molar-refractivity contribution in [1.29, 1.82) is 0 Å². The highest BCUT2D eigenvalue weighted by Crippen LogP contribution is 2.43. The Morgan fingerprint density at radius 2 is 1.07 bits per heavy atom. The first-order chi connectivity index (χ1) is 14.5. The summed E-state index contributed by atoms with van der Waals surface area (Å²) in [5.74, 6) is 0. The van der Waals surface area contributed by atoms with Crippen molar-refractivity contribution in [2.24, 2.45) is 0 Å². The van der Waals surface area contributed by atoms with Crippen LogP contribution in [0.25, 0.3) is 43.8 Å². The van der Waals surface area contributed by atoms with Gasteiger partial charge < -0.3 is 0 Å². The number of hydrogen-bond donors (Lipinski definition) is 0. The molecule has 0 saturated heterocycles. The van der Waals surface area contributed by atoms with Crippen LogP contribution in [0.2, 0.25) is 0 Å². The molecule has 5 aromatic rings. The molecule has 0 aliphatic heterocycles. The zero-order chi connectivity index (χ0) is 20.7. The second kappa shape index (κ2) is 7.11. The molecular weight excluding hydrogens is 362 g/mol. The Kier molecular flexibility index (Phi) is 4.40. The highest BCUT2D eigenvalue weighted by atomic mass is 14.6. The molecule has 5 rings (SSSR count). The van der Waals surface area contributed by atoms with Crippen LogP contribution in [0, 0.1) is 0 Å². The van der Waals surface area contributed by atoms with Crippen molar-refractivity contribution in [2.45, 2.75) is 26.2 Å². The second-order valence-electron chi connectivity index (χ2n) is 8.91. The summed E-state index contributed by atoms with van der Waals surface area (Å²) in [4.78, 5) is 4.50. The van der Waals surface area contributed by atoms with Gasteiger partial charge in [-0.1, -0.05) is 99.6 Å². The smallest absolute Gasteiger partial charge is 0.0353 e. The fourth-order valence-electron chi connectivity index (χ4n) is 4.38. The van der Waals surface area contributed by atoms with Crippen LogP contribution in [0.4, 0.5) is 0 Å². The van der Waals surface area contributed by atoms with Crippen molar-refractivity contribution in [3.63, 3.8) is 0 Å². The zero-order valence-electron chi connectivity index (χ0n) is 17.7. The summed E-state index contributed by atoms with van der Waals surface area (Å²) in [5.41, 5.74) is 6.49. The molecule has 0 N–H and O–H groups in total. The van der Waals surface area contributed by atoms with Crippen molar-refractivity contribution in [3.05, 3.63) is 103 Å². The molecule has 0 amide bonds. The van der Waals surface area contributed by atoms with Gasteiger partial charge >= 0.3 is 0 Å². The summed E-state index contributed by atoms with van der Waals surface area (Å²) < 4.78 is 0. The maximum atomic E-state index is 4.50. The molecule has 0 fully saturated rings. The van der Waals surface area contributed by atoms with Crippen molar-refractivity contribution < 1.29 is 0 Å². The number of hydrogen-bond acceptors (Lipinski definition) is 1. The highest BCUT2D eigenvalue weighted by Gasteiger charge is 2.18. The fraction of sp³-hybridized carbons (Fsp3) is 0.138. The van der Waals surface area contributed by atoms with Crippen LogP contribution in [0.1, 0.15) is 26.3 Å². The zero-order valence-corrected chi connectivity index (χ0v) is 17.7. The third-order valence-electron chi connectivity index (χ3n) is 5.93. The number of benzene rings is 4. The summed E-state index contributed by atoms with van der Waals surface area (Å²) in [7, 11) is 0. The van der Waals surface area contributed by atoms with Gasteiger partial charge in [0.15, 0.2) is 0 Å². The summed E-state index contributed by atoms with van der Waals surface area (Å²) in [6.07, 6.45) is 3.91. The standard InChI is InChI=1S/C29H25N/c1-29(2,3)22-15-13-21(14-16-22)28-24-12-8-7-11-23(24)27(20-9-5-4-6-10-20)25-17-18-30-19-26(25)28/h4-19H,1-3H3. The van der Waals surface area contributed by atoms with Gasteiger partial charge in [0.05, 0.1) is 0 Å². The van der Waals surface area contributed by atoms with Crippen LogP contribution >= 0.6 is 0 Å². The average Bonchev–Trinajstić information content (AvgIpc) is 2.77. The van der Waals surface area contributed by atoms with Crippen LogP contribution < -0.4 is 0 Å². The van der Waals surface area contributed by atoms with Crippen molar-refractivity contribution in [3.8, 4) is 22.3 Å². The second-order valence-corrected chi connectivity index (χ2v) is 8.91. The number of fused-ring (bicyclic) bond motifs is 2. The normalized spacial score (nSPS) is 11.8. The van der Waals surface area contributed by atoms with Gasteiger partial charge in [-0.05, 0) is 55.5 Å². The molecule has 0 unspecified atom stereocenters. The van der Waals surface area contributed by atoms with Crippen LogP contribution in [-0.4, -0.2) is 4.98 Å². The molecule has 4 aromatic carbocycles. The molecule has 1 heteroatoms. The number of rotatable bonds is 2. The molecular formula is C29H25N. The third kappa shape index (κ3) is 3.07. The molecule has 0 saturated carbocycles. The van der Waals surface area contributed by atoms with Gasteiger partial charge in [-0.3, -0.25) is 4.98 Å². The Morgan fingerprint density at radius 3 is 1.70 bits per heavy atom. The minimum absolute atomic E-state index is 0.140. The molecule has 1 nitrogen and oxygen atoms in total. The van der Waals surface area contributed by atoms with E-state index in [1.807, 2.05) is 12.4 Å². The minimum atomic E-state index is 0.140. The lowest BCUT2D eigenvalue weighted by Gasteiger charge is -2.20. The van der Waals surface area contributed by atoms with E-state index in [4.69, 9.17) is 0 Å². The lowest BCUT2D eigenvalue weighted by atomic mass is 9.84. The Balaban J connectivity index is 1.88. The molecule has 0 radical (unpaired) electrons. The minimum Gasteiger partial charge on any atom is -0.264 e. The molecule has 0 spiro atoms. The Labute approximate surface area is 178 Å². The predicted octanol–water partition coefficient (Wildman–Crippen LogP) is 8.02. The van der Waals surface area contributed by atoms with E-state index in [9.17, 15) is 0 Å². The first-order valence-electron chi connectivity index (χ1n) is 10.5. The Morgan fingerprint density at radius 1 is 0.533 bits per heavy atom. The van der Waals surface area contributed by atoms with Crippen molar-refractivity contribution >= 4 is 21.5 Å². The molecule has 1 aromatic heterocycles. The van der Waals surface area contributed by atoms with Crippen LogP contribution in [0.5, 0.6) is 0 Å². The van der Waals surface area contributed by atoms with Gasteiger partial charge in [-0.15, -0.1) is 0 Å². The van der Waals surface area contributed by atoms with Crippen molar-refractivity contribution in [2.75, 3.05) is 0 Å². The van der Waals surface area contributed by atoms with E-state index in [1.165, 1.54) is 49.4 Å². The van der Waals surface area contributed by atoms with Gasteiger partial charge in [0.25, 0.3) is 0 Å². The van der Waals surface area contributed by atoms with E-state index < -0.39 is 0 Å². The predicted molar refractivity (Wildman–Crippen MR) is 129 cm³/mol. The molecule has 0 aliphatic carbocycles. The van der Waals surface area contributed by atoms with Gasteiger partial charge in [0.1, 0.15) is 0 Å². The van der Waals surface area contributed by atoms with Gasteiger partial charge in [0, 0.05) is 17.8 Å². The highest BCUT2D eigenvalue weighted by molar-refractivity contribution is 6.21. The van der Waals surface area contributed by atoms with Crippen LogP contribution in [0.15, 0.2) is 97.3 Å². The van der Waals surface area contributed by atoms with Crippen LogP contribution in [0.3, 0.4) is 0 Å². The van der Waals surface area contributed by atoms with Gasteiger partial charge in [0.2, 0.25) is 0 Å². The van der Waals surface area contributed by atoms with Crippen LogP contribution in [-0.2, 0) is 5.41 Å². The fourth-order valence-corrected chi connectivity index (χ4v) is 4.38. The first-order valence-corrected chi connectivity index (χ1v) is 10.5. The Bertz CT molecular complexity index is 1280. The first kappa shape index (κ1) is 18.6. The largest absolute Gasteiger partial charge is 0.264 e. The molecule has 1 heterocycles. The number of pyridine rings is 1. The van der Waals surface area contributed by atoms with E-state index in [0.29, 0.717) is 0 Å². The SMILES string of the molecule is CC(C)(C)c1ccc(-c2c3ccccc3c(-c3ccccc3)c3ccncc23)cc1. The Hall–Kier alpha value is -3.45. The summed E-state index contributed by atoms with van der Waals surface area (Å²) >= 11 is 0. The summed E-state index contributed by atoms with van der Waals surface area (Å²) in [6.45, 7) is 6.77. The van der Waals surface area contributed by atoms with E-state index in [2.05, 4.69) is 111 Å². The molecule has 0 bridgehead atoms. The quantitative estimate of drug-likeness (QED) is 0.279. The van der Waals surface area contributed by atoms with Crippen molar-refractivity contribution in [1.82, 2.24) is 4.98 Å². The summed E-state index contributed by atoms with van der Waals surface area (Å²) in [6, 6.07) is 30.6. The third-order valence-corrected chi connectivity index (χ3v) is 5.93. The van der Waals surface area contributed by atoms with E-state index in [0.717, 1.165) is 0 Å².